The second kappa shape index (κ2) is 5.34. The molecule has 0 heterocycles. The molecular formula is C9H15F3O3. The Morgan fingerprint density at radius 3 is 2.07 bits per heavy atom. The molecular weight excluding hydrogens is 213 g/mol. The van der Waals surface area contributed by atoms with Crippen LogP contribution in [0.15, 0.2) is 0 Å². The first-order chi connectivity index (χ1) is 6.66. The molecule has 0 aromatic heterocycles. The fourth-order valence-corrected chi connectivity index (χ4v) is 0.746. The summed E-state index contributed by atoms with van der Waals surface area (Å²) in [5, 5.41) is 8.36. The summed E-state index contributed by atoms with van der Waals surface area (Å²) in [5.74, 6) is -4.30. The molecule has 0 radical (unpaired) electrons. The molecule has 0 saturated carbocycles. The Labute approximate surface area is 86.2 Å². The van der Waals surface area contributed by atoms with E-state index in [1.54, 1.807) is 20.8 Å². The van der Waals surface area contributed by atoms with Crippen LogP contribution in [0.25, 0.3) is 0 Å². The Balaban J connectivity index is 4.27. The number of carboxylic acids is 1. The smallest absolute Gasteiger partial charge is 0.404 e. The van der Waals surface area contributed by atoms with E-state index in [2.05, 4.69) is 0 Å². The number of alkyl halides is 3. The topological polar surface area (TPSA) is 46.5 Å². The molecule has 90 valence electrons. The molecule has 2 atom stereocenters. The summed E-state index contributed by atoms with van der Waals surface area (Å²) in [6.45, 7) is 4.35. The fraction of sp³-hybridized carbons (Fsp3) is 0.889. The highest BCUT2D eigenvalue weighted by atomic mass is 19.4. The van der Waals surface area contributed by atoms with Crippen molar-refractivity contribution < 1.29 is 27.8 Å². The number of hydrogen-bond acceptors (Lipinski definition) is 2. The zero-order valence-corrected chi connectivity index (χ0v) is 8.84. The van der Waals surface area contributed by atoms with E-state index in [1.807, 2.05) is 0 Å². The third-order valence-electron chi connectivity index (χ3n) is 2.16. The molecule has 2 unspecified atom stereocenters. The van der Waals surface area contributed by atoms with Gasteiger partial charge in [-0.2, -0.15) is 13.2 Å². The number of aliphatic carboxylic acids is 1. The highest BCUT2D eigenvalue weighted by Crippen LogP contribution is 2.27. The van der Waals surface area contributed by atoms with Crippen LogP contribution < -0.4 is 0 Å². The SMILES string of the molecule is CC(C)C(C)OCC(C(=O)O)C(F)(F)F. The van der Waals surface area contributed by atoms with Gasteiger partial charge in [0.25, 0.3) is 0 Å². The molecule has 0 bridgehead atoms. The van der Waals surface area contributed by atoms with Crippen LogP contribution in [0, 0.1) is 11.8 Å². The van der Waals surface area contributed by atoms with E-state index in [1.165, 1.54) is 0 Å². The Morgan fingerprint density at radius 1 is 1.33 bits per heavy atom. The second-order valence-corrected chi connectivity index (χ2v) is 3.71. The minimum absolute atomic E-state index is 0.0488. The summed E-state index contributed by atoms with van der Waals surface area (Å²) >= 11 is 0. The van der Waals surface area contributed by atoms with Gasteiger partial charge in [0, 0.05) is 0 Å². The normalized spacial score (nSPS) is 16.5. The molecule has 0 fully saturated rings. The molecule has 0 aliphatic heterocycles. The van der Waals surface area contributed by atoms with Gasteiger partial charge in [-0.05, 0) is 12.8 Å². The largest absolute Gasteiger partial charge is 0.481 e. The van der Waals surface area contributed by atoms with Crippen molar-refractivity contribution in [3.05, 3.63) is 0 Å². The summed E-state index contributed by atoms with van der Waals surface area (Å²) in [7, 11) is 0. The lowest BCUT2D eigenvalue weighted by molar-refractivity contribution is -0.206. The van der Waals surface area contributed by atoms with Crippen LogP contribution in [0.2, 0.25) is 0 Å². The van der Waals surface area contributed by atoms with Crippen molar-refractivity contribution in [2.45, 2.75) is 33.1 Å². The summed E-state index contributed by atoms with van der Waals surface area (Å²) in [4.78, 5) is 10.3. The van der Waals surface area contributed by atoms with E-state index in [0.29, 0.717) is 0 Å². The van der Waals surface area contributed by atoms with Gasteiger partial charge >= 0.3 is 12.1 Å². The lowest BCUT2D eigenvalue weighted by Crippen LogP contribution is -2.36. The van der Waals surface area contributed by atoms with Crippen LogP contribution in [-0.2, 0) is 9.53 Å². The highest BCUT2D eigenvalue weighted by molar-refractivity contribution is 5.71. The van der Waals surface area contributed by atoms with Crippen molar-refractivity contribution in [3.63, 3.8) is 0 Å². The monoisotopic (exact) mass is 228 g/mol. The molecule has 0 saturated heterocycles. The van der Waals surface area contributed by atoms with E-state index in [-0.39, 0.29) is 5.92 Å². The van der Waals surface area contributed by atoms with Gasteiger partial charge in [0.2, 0.25) is 0 Å². The van der Waals surface area contributed by atoms with Crippen LogP contribution in [0.4, 0.5) is 13.2 Å². The maximum Gasteiger partial charge on any atom is 0.404 e. The summed E-state index contributed by atoms with van der Waals surface area (Å²) in [6, 6.07) is 0. The first-order valence-corrected chi connectivity index (χ1v) is 4.57. The second-order valence-electron chi connectivity index (χ2n) is 3.71. The molecule has 15 heavy (non-hydrogen) atoms. The number of carbonyl (C=O) groups is 1. The molecule has 0 rings (SSSR count). The van der Waals surface area contributed by atoms with E-state index in [0.717, 1.165) is 0 Å². The first kappa shape index (κ1) is 14.2. The van der Waals surface area contributed by atoms with Crippen molar-refractivity contribution in [3.8, 4) is 0 Å². The Bertz CT molecular complexity index is 213. The number of halogens is 3. The van der Waals surface area contributed by atoms with Crippen LogP contribution in [0.3, 0.4) is 0 Å². The number of ether oxygens (including phenoxy) is 1. The molecule has 0 aliphatic rings. The Kier molecular flexibility index (Phi) is 5.07. The van der Waals surface area contributed by atoms with Crippen molar-refractivity contribution in [2.24, 2.45) is 11.8 Å². The average Bonchev–Trinajstić information content (AvgIpc) is 2.00. The molecule has 0 aromatic rings. The van der Waals surface area contributed by atoms with E-state index >= 15 is 0 Å². The fourth-order valence-electron chi connectivity index (χ4n) is 0.746. The van der Waals surface area contributed by atoms with Crippen molar-refractivity contribution in [1.29, 1.82) is 0 Å². The lowest BCUT2D eigenvalue weighted by Gasteiger charge is -2.21. The molecule has 6 heteroatoms. The maximum absolute atomic E-state index is 12.2. The van der Waals surface area contributed by atoms with E-state index in [4.69, 9.17) is 9.84 Å². The van der Waals surface area contributed by atoms with Crippen LogP contribution in [0.1, 0.15) is 20.8 Å². The van der Waals surface area contributed by atoms with Crippen molar-refractivity contribution in [1.82, 2.24) is 0 Å². The first-order valence-electron chi connectivity index (χ1n) is 4.57. The Morgan fingerprint density at radius 2 is 1.80 bits per heavy atom. The van der Waals surface area contributed by atoms with Gasteiger partial charge in [-0.3, -0.25) is 4.79 Å². The van der Waals surface area contributed by atoms with Gasteiger partial charge in [-0.1, -0.05) is 13.8 Å². The third kappa shape index (κ3) is 5.01. The molecule has 0 aromatic carbocycles. The minimum Gasteiger partial charge on any atom is -0.481 e. The Hall–Kier alpha value is -0.780. The molecule has 0 amide bonds. The van der Waals surface area contributed by atoms with Crippen molar-refractivity contribution in [2.75, 3.05) is 6.61 Å². The predicted octanol–water partition coefficient (Wildman–Crippen LogP) is 2.31. The van der Waals surface area contributed by atoms with Gasteiger partial charge in [0.15, 0.2) is 5.92 Å². The minimum atomic E-state index is -4.76. The van der Waals surface area contributed by atoms with Crippen molar-refractivity contribution >= 4 is 5.97 Å². The number of hydrogen-bond donors (Lipinski definition) is 1. The summed E-state index contributed by atoms with van der Waals surface area (Å²) in [5.41, 5.74) is 0. The van der Waals surface area contributed by atoms with Gasteiger partial charge in [0.1, 0.15) is 0 Å². The van der Waals surface area contributed by atoms with Crippen LogP contribution in [-0.4, -0.2) is 30.0 Å². The lowest BCUT2D eigenvalue weighted by atomic mass is 10.1. The van der Waals surface area contributed by atoms with Gasteiger partial charge < -0.3 is 9.84 Å². The molecule has 3 nitrogen and oxygen atoms in total. The maximum atomic E-state index is 12.2. The predicted molar refractivity (Wildman–Crippen MR) is 47.4 cm³/mol. The van der Waals surface area contributed by atoms with Gasteiger partial charge in [0.05, 0.1) is 12.7 Å². The third-order valence-corrected chi connectivity index (χ3v) is 2.16. The average molecular weight is 228 g/mol. The summed E-state index contributed by atoms with van der Waals surface area (Å²) < 4.78 is 41.3. The molecule has 1 N–H and O–H groups in total. The van der Waals surface area contributed by atoms with Crippen LogP contribution in [0.5, 0.6) is 0 Å². The van der Waals surface area contributed by atoms with E-state index in [9.17, 15) is 18.0 Å². The molecule has 0 spiro atoms. The van der Waals surface area contributed by atoms with Gasteiger partial charge in [-0.25, -0.2) is 0 Å². The zero-order valence-electron chi connectivity index (χ0n) is 8.84. The highest BCUT2D eigenvalue weighted by Gasteiger charge is 2.45. The van der Waals surface area contributed by atoms with Gasteiger partial charge in [-0.15, -0.1) is 0 Å². The number of rotatable bonds is 5. The van der Waals surface area contributed by atoms with Crippen LogP contribution >= 0.6 is 0 Å². The van der Waals surface area contributed by atoms with E-state index < -0.39 is 30.8 Å². The summed E-state index contributed by atoms with van der Waals surface area (Å²) in [6.07, 6.45) is -5.16. The standard InChI is InChI=1S/C9H15F3O3/c1-5(2)6(3)15-4-7(8(13)14)9(10,11)12/h5-7H,4H2,1-3H3,(H,13,14). The zero-order chi connectivity index (χ0) is 12.2. The quantitative estimate of drug-likeness (QED) is 0.785. The molecule has 0 aliphatic carbocycles. The number of carboxylic acid groups (broad SMARTS) is 1.